The first-order valence-corrected chi connectivity index (χ1v) is 8.98. The van der Waals surface area contributed by atoms with Crippen molar-refractivity contribution in [2.75, 3.05) is 0 Å². The predicted molar refractivity (Wildman–Crippen MR) is 92.2 cm³/mol. The fourth-order valence-electron chi connectivity index (χ4n) is 4.00. The van der Waals surface area contributed by atoms with Crippen molar-refractivity contribution in [1.82, 2.24) is 4.90 Å². The number of ether oxygens (including phenoxy) is 1. The van der Waals surface area contributed by atoms with E-state index in [2.05, 4.69) is 15.9 Å². The number of nitrogens with zero attached hydrogens (tertiary/aromatic N) is 1. The minimum atomic E-state index is -0.694. The second kappa shape index (κ2) is 5.78. The van der Waals surface area contributed by atoms with Crippen molar-refractivity contribution in [3.05, 3.63) is 34.3 Å². The fourth-order valence-corrected chi connectivity index (χ4v) is 4.42. The van der Waals surface area contributed by atoms with E-state index in [1.165, 1.54) is 0 Å². The molecule has 1 N–H and O–H groups in total. The van der Waals surface area contributed by atoms with Crippen molar-refractivity contribution in [1.29, 1.82) is 0 Å². The van der Waals surface area contributed by atoms with Gasteiger partial charge in [0.25, 0.3) is 0 Å². The van der Waals surface area contributed by atoms with Crippen LogP contribution in [0.5, 0.6) is 0 Å². The first-order valence-electron chi connectivity index (χ1n) is 8.19. The summed E-state index contributed by atoms with van der Waals surface area (Å²) in [5.41, 5.74) is -0.218. The minimum Gasteiger partial charge on any atom is -0.444 e. The molecule has 2 heterocycles. The van der Waals surface area contributed by atoms with Gasteiger partial charge in [-0.3, -0.25) is 4.90 Å². The Kier molecular flexibility index (Phi) is 4.21. The van der Waals surface area contributed by atoms with Gasteiger partial charge < -0.3 is 9.84 Å². The number of hydrogen-bond donors (Lipinski definition) is 1. The normalized spacial score (nSPS) is 28.0. The van der Waals surface area contributed by atoms with E-state index < -0.39 is 17.2 Å². The molecular weight excluding hydrogens is 358 g/mol. The molecule has 1 atom stereocenters. The first kappa shape index (κ1) is 16.8. The molecule has 1 amide bonds. The molecule has 0 aromatic heterocycles. The number of rotatable bonds is 2. The molecule has 0 spiro atoms. The number of carbonyl (C=O) groups excluding carboxylic acids is 1. The molecule has 126 valence electrons. The summed E-state index contributed by atoms with van der Waals surface area (Å²) in [6.45, 7) is 5.63. The summed E-state index contributed by atoms with van der Waals surface area (Å²) in [6, 6.07) is 7.89. The molecule has 2 aliphatic rings. The Bertz CT molecular complexity index is 603. The van der Waals surface area contributed by atoms with Gasteiger partial charge in [-0.25, -0.2) is 4.79 Å². The van der Waals surface area contributed by atoms with Gasteiger partial charge in [0.1, 0.15) is 11.7 Å². The maximum atomic E-state index is 12.7. The van der Waals surface area contributed by atoms with Gasteiger partial charge in [-0.1, -0.05) is 28.1 Å². The van der Waals surface area contributed by atoms with Crippen LogP contribution in [-0.4, -0.2) is 33.3 Å². The second-order valence-electron chi connectivity index (χ2n) is 7.64. The van der Waals surface area contributed by atoms with Crippen LogP contribution in [0.3, 0.4) is 0 Å². The molecule has 4 nitrogen and oxygen atoms in total. The molecule has 0 aliphatic carbocycles. The molecule has 2 saturated heterocycles. The quantitative estimate of drug-likeness (QED) is 0.824. The molecular formula is C18H24BrNO3. The molecule has 2 fully saturated rings. The number of hydrogen-bond acceptors (Lipinski definition) is 3. The van der Waals surface area contributed by atoms with Crippen LogP contribution < -0.4 is 0 Å². The number of fused-ring (bicyclic) bond motifs is 2. The maximum absolute atomic E-state index is 12.7. The summed E-state index contributed by atoms with van der Waals surface area (Å²) in [5, 5.41) is 11.1. The zero-order valence-electron chi connectivity index (χ0n) is 13.9. The molecule has 1 aromatic carbocycles. The number of benzene rings is 1. The largest absolute Gasteiger partial charge is 0.444 e. The summed E-state index contributed by atoms with van der Waals surface area (Å²) in [7, 11) is 0. The van der Waals surface area contributed by atoms with Crippen LogP contribution in [0.2, 0.25) is 0 Å². The lowest BCUT2D eigenvalue weighted by Gasteiger charge is -2.39. The standard InChI is InChI=1S/C18H24BrNO3/c1-17(2,3)23-16(22)20-14-7-9-18(20,10-8-14)15(21)12-5-4-6-13(19)11-12/h4-6,11,14-15,21H,7-10H2,1-3H3. The molecule has 1 unspecified atom stereocenters. The van der Waals surface area contributed by atoms with E-state index in [1.807, 2.05) is 49.9 Å². The van der Waals surface area contributed by atoms with Gasteiger partial charge in [-0.05, 0) is 64.2 Å². The third-order valence-corrected chi connectivity index (χ3v) is 5.42. The van der Waals surface area contributed by atoms with E-state index >= 15 is 0 Å². The van der Waals surface area contributed by atoms with Crippen LogP contribution in [0.4, 0.5) is 4.79 Å². The van der Waals surface area contributed by atoms with Crippen molar-refractivity contribution in [3.63, 3.8) is 0 Å². The predicted octanol–water partition coefficient (Wildman–Crippen LogP) is 4.41. The third kappa shape index (κ3) is 3.01. The summed E-state index contributed by atoms with van der Waals surface area (Å²) >= 11 is 3.46. The average Bonchev–Trinajstić information content (AvgIpc) is 3.01. The molecule has 23 heavy (non-hydrogen) atoms. The first-order chi connectivity index (χ1) is 10.7. The Morgan fingerprint density at radius 2 is 2.04 bits per heavy atom. The van der Waals surface area contributed by atoms with Crippen LogP contribution in [0.1, 0.15) is 58.1 Å². The molecule has 0 radical (unpaired) electrons. The van der Waals surface area contributed by atoms with E-state index in [0.717, 1.165) is 35.7 Å². The van der Waals surface area contributed by atoms with E-state index in [0.29, 0.717) is 0 Å². The Morgan fingerprint density at radius 3 is 2.61 bits per heavy atom. The van der Waals surface area contributed by atoms with Crippen LogP contribution >= 0.6 is 15.9 Å². The summed E-state index contributed by atoms with van der Waals surface area (Å²) < 4.78 is 6.54. The highest BCUT2D eigenvalue weighted by Crippen LogP contribution is 2.53. The zero-order chi connectivity index (χ0) is 16.8. The number of halogens is 1. The van der Waals surface area contributed by atoms with Crippen molar-refractivity contribution < 1.29 is 14.6 Å². The van der Waals surface area contributed by atoms with E-state index in [9.17, 15) is 9.90 Å². The summed E-state index contributed by atoms with van der Waals surface area (Å²) in [6.07, 6.45) is 2.52. The summed E-state index contributed by atoms with van der Waals surface area (Å²) in [4.78, 5) is 14.5. The van der Waals surface area contributed by atoms with E-state index in [-0.39, 0.29) is 12.1 Å². The third-order valence-electron chi connectivity index (χ3n) is 4.93. The Balaban J connectivity index is 1.91. The van der Waals surface area contributed by atoms with E-state index in [4.69, 9.17) is 4.74 Å². The Morgan fingerprint density at radius 1 is 1.39 bits per heavy atom. The van der Waals surface area contributed by atoms with Gasteiger partial charge in [0.2, 0.25) is 0 Å². The van der Waals surface area contributed by atoms with Crippen molar-refractivity contribution in [3.8, 4) is 0 Å². The molecule has 3 rings (SSSR count). The highest BCUT2D eigenvalue weighted by atomic mass is 79.9. The average molecular weight is 382 g/mol. The Labute approximate surface area is 145 Å². The number of aliphatic hydroxyl groups excluding tert-OH is 1. The van der Waals surface area contributed by atoms with Crippen LogP contribution in [0, 0.1) is 0 Å². The van der Waals surface area contributed by atoms with Gasteiger partial charge in [0.15, 0.2) is 0 Å². The lowest BCUT2D eigenvalue weighted by Crippen LogP contribution is -2.50. The number of carbonyl (C=O) groups is 1. The van der Waals surface area contributed by atoms with Crippen molar-refractivity contribution in [2.45, 2.75) is 69.7 Å². The molecule has 5 heteroatoms. The molecule has 2 aliphatic heterocycles. The Hall–Kier alpha value is -1.07. The van der Waals surface area contributed by atoms with Gasteiger partial charge in [-0.15, -0.1) is 0 Å². The van der Waals surface area contributed by atoms with E-state index in [1.54, 1.807) is 0 Å². The highest BCUT2D eigenvalue weighted by molar-refractivity contribution is 9.10. The molecule has 2 bridgehead atoms. The highest BCUT2D eigenvalue weighted by Gasteiger charge is 2.58. The van der Waals surface area contributed by atoms with Crippen molar-refractivity contribution in [2.24, 2.45) is 0 Å². The minimum absolute atomic E-state index is 0.187. The lowest BCUT2D eigenvalue weighted by molar-refractivity contribution is -0.0270. The lowest BCUT2D eigenvalue weighted by atomic mass is 9.80. The number of amides is 1. The van der Waals surface area contributed by atoms with Crippen LogP contribution in [0.15, 0.2) is 28.7 Å². The number of aliphatic hydroxyl groups is 1. The monoisotopic (exact) mass is 381 g/mol. The topological polar surface area (TPSA) is 49.8 Å². The second-order valence-corrected chi connectivity index (χ2v) is 8.56. The maximum Gasteiger partial charge on any atom is 0.411 e. The zero-order valence-corrected chi connectivity index (χ0v) is 15.5. The SMILES string of the molecule is CC(C)(C)OC(=O)N1C2CCC1(C(O)c1cccc(Br)c1)CC2. The van der Waals surface area contributed by atoms with Crippen LogP contribution in [0.25, 0.3) is 0 Å². The van der Waals surface area contributed by atoms with Gasteiger partial charge in [0, 0.05) is 10.5 Å². The van der Waals surface area contributed by atoms with Crippen LogP contribution in [-0.2, 0) is 4.74 Å². The molecule has 1 aromatic rings. The smallest absolute Gasteiger partial charge is 0.411 e. The fraction of sp³-hybridized carbons (Fsp3) is 0.611. The van der Waals surface area contributed by atoms with Gasteiger partial charge >= 0.3 is 6.09 Å². The molecule has 0 saturated carbocycles. The van der Waals surface area contributed by atoms with Gasteiger partial charge in [0.05, 0.1) is 5.54 Å². The van der Waals surface area contributed by atoms with Gasteiger partial charge in [-0.2, -0.15) is 0 Å². The summed E-state index contributed by atoms with van der Waals surface area (Å²) in [5.74, 6) is 0. The van der Waals surface area contributed by atoms with Crippen molar-refractivity contribution >= 4 is 22.0 Å².